The summed E-state index contributed by atoms with van der Waals surface area (Å²) in [4.78, 5) is 13.1. The maximum absolute atomic E-state index is 10.1. The Morgan fingerprint density at radius 3 is 2.84 bits per heavy atom. The molecule has 0 saturated heterocycles. The van der Waals surface area contributed by atoms with Gasteiger partial charge in [-0.25, -0.2) is 9.98 Å². The van der Waals surface area contributed by atoms with E-state index in [0.29, 0.717) is 10.0 Å². The van der Waals surface area contributed by atoms with Gasteiger partial charge in [-0.15, -0.1) is 0 Å². The summed E-state index contributed by atoms with van der Waals surface area (Å²) < 4.78 is 0.924. The number of benzene rings is 2. The molecule has 2 aromatic carbocycles. The molecule has 4 N–H and O–H groups in total. The molecule has 2 heterocycles. The van der Waals surface area contributed by atoms with Crippen LogP contribution in [0.1, 0.15) is 4.88 Å². The molecule has 6 nitrogen and oxygen atoms in total. The molecule has 0 fully saturated rings. The third kappa shape index (κ3) is 3.26. The van der Waals surface area contributed by atoms with Crippen LogP contribution in [-0.2, 0) is 0 Å². The number of nitrogens with two attached hydrogens (primary N) is 1. The van der Waals surface area contributed by atoms with Gasteiger partial charge in [0.2, 0.25) is 11.8 Å². The summed E-state index contributed by atoms with van der Waals surface area (Å²) in [6, 6.07) is 13.3. The molecule has 0 radical (unpaired) electrons. The van der Waals surface area contributed by atoms with Crippen LogP contribution in [0.3, 0.4) is 0 Å². The number of aromatic nitrogens is 1. The summed E-state index contributed by atoms with van der Waals surface area (Å²) in [5, 5.41) is 15.6. The molecule has 3 aromatic rings. The van der Waals surface area contributed by atoms with Gasteiger partial charge in [0.25, 0.3) is 0 Å². The van der Waals surface area contributed by atoms with Crippen LogP contribution in [0.5, 0.6) is 5.88 Å². The van der Waals surface area contributed by atoms with Crippen LogP contribution in [0.25, 0.3) is 6.08 Å². The van der Waals surface area contributed by atoms with Crippen molar-refractivity contribution in [3.63, 3.8) is 0 Å². The quantitative estimate of drug-likeness (QED) is 0.614. The summed E-state index contributed by atoms with van der Waals surface area (Å²) in [5.41, 5.74) is 7.22. The highest BCUT2D eigenvalue weighted by Crippen LogP contribution is 2.32. The Hall–Kier alpha value is -2.71. The standard InChI is InChI=1S/C17H12BrN5OS/c18-10-3-1-2-4-11(10)22-17-23-15(24)14(25-17)8-9-5-6-12-13(7-9)21-16(19)20-12/h1-8,24H,(H2,19,21)(H,22,23). The normalized spacial score (nSPS) is 13.3. The molecule has 1 aliphatic rings. The lowest BCUT2D eigenvalue weighted by molar-refractivity contribution is 0.457. The topological polar surface area (TPSA) is 95.9 Å². The highest BCUT2D eigenvalue weighted by atomic mass is 79.9. The van der Waals surface area contributed by atoms with E-state index in [9.17, 15) is 5.11 Å². The molecule has 0 amide bonds. The number of hydrogen-bond donors (Lipinski definition) is 3. The number of halogens is 1. The molecule has 0 spiro atoms. The fourth-order valence-electron chi connectivity index (χ4n) is 2.39. The predicted octanol–water partition coefficient (Wildman–Crippen LogP) is 2.76. The van der Waals surface area contributed by atoms with Crippen molar-refractivity contribution >= 4 is 55.8 Å². The van der Waals surface area contributed by atoms with E-state index in [2.05, 4.69) is 36.2 Å². The number of aliphatic imine (C=N–C) groups is 1. The number of guanidine groups is 1. The lowest BCUT2D eigenvalue weighted by Crippen LogP contribution is -2.09. The third-order valence-electron chi connectivity index (χ3n) is 3.52. The third-order valence-corrected chi connectivity index (χ3v) is 5.12. The zero-order chi connectivity index (χ0) is 17.4. The first kappa shape index (κ1) is 15.8. The molecule has 124 valence electrons. The van der Waals surface area contributed by atoms with Gasteiger partial charge in [-0.1, -0.05) is 29.5 Å². The van der Waals surface area contributed by atoms with Gasteiger partial charge in [-0.3, -0.25) is 0 Å². The molecule has 0 unspecified atom stereocenters. The van der Waals surface area contributed by atoms with Gasteiger partial charge >= 0.3 is 0 Å². The molecule has 0 atom stereocenters. The summed E-state index contributed by atoms with van der Waals surface area (Å²) in [5.74, 6) is 0.237. The molecule has 25 heavy (non-hydrogen) atoms. The molecule has 1 aliphatic heterocycles. The van der Waals surface area contributed by atoms with Gasteiger partial charge in [0.15, 0.2) is 5.13 Å². The average Bonchev–Trinajstić information content (AvgIpc) is 3.11. The monoisotopic (exact) mass is 413 g/mol. The smallest absolute Gasteiger partial charge is 0.231 e. The zero-order valence-electron chi connectivity index (χ0n) is 12.8. The van der Waals surface area contributed by atoms with E-state index in [-0.39, 0.29) is 11.8 Å². The number of nitrogens with one attached hydrogen (secondary N) is 1. The van der Waals surface area contributed by atoms with Crippen LogP contribution in [0.2, 0.25) is 0 Å². The molecular formula is C17H12BrN5OS. The second-order valence-electron chi connectivity index (χ2n) is 5.29. The SMILES string of the molecule is NC1=Nc2cc(=Cc3sc(Nc4ccccc4Br)nc3O)ccc2=N1. The molecule has 8 heteroatoms. The van der Waals surface area contributed by atoms with E-state index in [4.69, 9.17) is 5.73 Å². The summed E-state index contributed by atoms with van der Waals surface area (Å²) in [7, 11) is 0. The second kappa shape index (κ2) is 6.30. The van der Waals surface area contributed by atoms with Crippen LogP contribution < -0.4 is 21.6 Å². The van der Waals surface area contributed by atoms with Gasteiger partial charge < -0.3 is 16.2 Å². The van der Waals surface area contributed by atoms with Crippen LogP contribution >= 0.6 is 27.3 Å². The highest BCUT2D eigenvalue weighted by molar-refractivity contribution is 9.10. The number of hydrogen-bond acceptors (Lipinski definition) is 7. The fourth-order valence-corrected chi connectivity index (χ4v) is 3.60. The molecular weight excluding hydrogens is 402 g/mol. The molecule has 0 bridgehead atoms. The summed E-state index contributed by atoms with van der Waals surface area (Å²) in [6.07, 6.45) is 1.85. The van der Waals surface area contributed by atoms with Crippen LogP contribution in [0.15, 0.2) is 56.9 Å². The van der Waals surface area contributed by atoms with Gasteiger partial charge in [0.1, 0.15) is 0 Å². The number of thiazole rings is 1. The molecule has 1 aromatic heterocycles. The Morgan fingerprint density at radius 2 is 2.00 bits per heavy atom. The van der Waals surface area contributed by atoms with Crippen molar-refractivity contribution in [1.82, 2.24) is 4.98 Å². The van der Waals surface area contributed by atoms with Crippen molar-refractivity contribution in [2.45, 2.75) is 0 Å². The van der Waals surface area contributed by atoms with Gasteiger partial charge in [0, 0.05) is 4.47 Å². The maximum atomic E-state index is 10.1. The van der Waals surface area contributed by atoms with E-state index in [1.807, 2.05) is 48.5 Å². The van der Waals surface area contributed by atoms with Crippen molar-refractivity contribution in [3.05, 3.63) is 62.4 Å². The first-order valence-electron chi connectivity index (χ1n) is 7.34. The minimum Gasteiger partial charge on any atom is -0.492 e. The Morgan fingerprint density at radius 1 is 1.16 bits per heavy atom. The lowest BCUT2D eigenvalue weighted by atomic mass is 10.2. The molecule has 4 rings (SSSR count). The number of rotatable bonds is 3. The maximum Gasteiger partial charge on any atom is 0.231 e. The Balaban J connectivity index is 1.67. The average molecular weight is 414 g/mol. The summed E-state index contributed by atoms with van der Waals surface area (Å²) >= 11 is 4.84. The van der Waals surface area contributed by atoms with E-state index < -0.39 is 0 Å². The van der Waals surface area contributed by atoms with Gasteiger partial charge in [0.05, 0.1) is 21.6 Å². The number of para-hydroxylation sites is 1. The van der Waals surface area contributed by atoms with Crippen molar-refractivity contribution in [3.8, 4) is 5.88 Å². The molecule has 0 saturated carbocycles. The first-order chi connectivity index (χ1) is 12.1. The largest absolute Gasteiger partial charge is 0.492 e. The Bertz CT molecular complexity index is 1120. The Labute approximate surface area is 155 Å². The fraction of sp³-hybridized carbons (Fsp3) is 0. The minimum atomic E-state index is -0.0206. The number of anilines is 2. The van der Waals surface area contributed by atoms with E-state index in [1.165, 1.54) is 11.3 Å². The van der Waals surface area contributed by atoms with Crippen LogP contribution in [0, 0.1) is 0 Å². The van der Waals surface area contributed by atoms with Crippen molar-refractivity contribution < 1.29 is 5.11 Å². The van der Waals surface area contributed by atoms with Crippen LogP contribution in [0.4, 0.5) is 16.5 Å². The minimum absolute atomic E-state index is 0.0206. The second-order valence-corrected chi connectivity index (χ2v) is 7.17. The van der Waals surface area contributed by atoms with Crippen LogP contribution in [-0.4, -0.2) is 16.1 Å². The Kier molecular flexibility index (Phi) is 3.98. The molecule has 0 aliphatic carbocycles. The number of aromatic hydroxyl groups is 1. The van der Waals surface area contributed by atoms with Gasteiger partial charge in [-0.2, -0.15) is 4.98 Å². The highest BCUT2D eigenvalue weighted by Gasteiger charge is 2.10. The number of fused-ring (bicyclic) bond motifs is 1. The van der Waals surface area contributed by atoms with E-state index in [1.54, 1.807) is 0 Å². The van der Waals surface area contributed by atoms with E-state index >= 15 is 0 Å². The number of nitrogens with zero attached hydrogens (tertiary/aromatic N) is 3. The van der Waals surface area contributed by atoms with Gasteiger partial charge in [-0.05, 0) is 51.5 Å². The zero-order valence-corrected chi connectivity index (χ0v) is 15.2. The van der Waals surface area contributed by atoms with Crippen molar-refractivity contribution in [2.75, 3.05) is 5.32 Å². The lowest BCUT2D eigenvalue weighted by Gasteiger charge is -2.03. The van der Waals surface area contributed by atoms with Crippen molar-refractivity contribution in [2.24, 2.45) is 15.7 Å². The first-order valence-corrected chi connectivity index (χ1v) is 8.95. The van der Waals surface area contributed by atoms with E-state index in [0.717, 1.165) is 26.4 Å². The van der Waals surface area contributed by atoms with Crippen molar-refractivity contribution in [1.29, 1.82) is 0 Å². The summed E-state index contributed by atoms with van der Waals surface area (Å²) in [6.45, 7) is 0. The predicted molar refractivity (Wildman–Crippen MR) is 103 cm³/mol.